The summed E-state index contributed by atoms with van der Waals surface area (Å²) in [5, 5.41) is 3.35. The first-order chi connectivity index (χ1) is 8.20. The van der Waals surface area contributed by atoms with Crippen LogP contribution in [0, 0.1) is 0 Å². The molecule has 0 amide bonds. The summed E-state index contributed by atoms with van der Waals surface area (Å²) in [4.78, 5) is 11.6. The first-order valence-electron chi connectivity index (χ1n) is 6.54. The van der Waals surface area contributed by atoms with Crippen LogP contribution in [0.15, 0.2) is 6.07 Å². The molecule has 0 radical (unpaired) electrons. The highest BCUT2D eigenvalue weighted by molar-refractivity contribution is 5.34. The van der Waals surface area contributed by atoms with Crippen molar-refractivity contribution >= 4 is 5.95 Å². The second kappa shape index (κ2) is 5.45. The molecule has 0 aliphatic carbocycles. The first-order valence-corrected chi connectivity index (χ1v) is 6.54. The topological polar surface area (TPSA) is 41.1 Å². The zero-order valence-corrected chi connectivity index (χ0v) is 11.0. The molecule has 2 heterocycles. The highest BCUT2D eigenvalue weighted by Crippen LogP contribution is 2.17. The van der Waals surface area contributed by atoms with Crippen molar-refractivity contribution in [3.05, 3.63) is 17.5 Å². The number of anilines is 1. The lowest BCUT2D eigenvalue weighted by Gasteiger charge is -2.28. The van der Waals surface area contributed by atoms with Gasteiger partial charge in [0, 0.05) is 37.6 Å². The molecular weight excluding hydrogens is 212 g/mol. The van der Waals surface area contributed by atoms with Crippen molar-refractivity contribution in [3.8, 4) is 0 Å². The molecular formula is C13H22N4. The van der Waals surface area contributed by atoms with Crippen LogP contribution in [0.25, 0.3) is 0 Å². The van der Waals surface area contributed by atoms with Gasteiger partial charge in [-0.1, -0.05) is 20.8 Å². The molecule has 1 aromatic heterocycles. The van der Waals surface area contributed by atoms with Gasteiger partial charge in [0.25, 0.3) is 0 Å². The number of rotatable bonds is 3. The maximum Gasteiger partial charge on any atom is 0.225 e. The molecule has 0 unspecified atom stereocenters. The lowest BCUT2D eigenvalue weighted by Crippen LogP contribution is -2.44. The summed E-state index contributed by atoms with van der Waals surface area (Å²) >= 11 is 0. The van der Waals surface area contributed by atoms with Crippen LogP contribution in [0.1, 0.15) is 38.1 Å². The quantitative estimate of drug-likeness (QED) is 0.862. The normalized spacial score (nSPS) is 16.6. The number of hydrogen-bond acceptors (Lipinski definition) is 4. The fourth-order valence-corrected chi connectivity index (χ4v) is 1.99. The molecule has 17 heavy (non-hydrogen) atoms. The maximum atomic E-state index is 4.69. The van der Waals surface area contributed by atoms with E-state index in [1.807, 2.05) is 0 Å². The van der Waals surface area contributed by atoms with Crippen LogP contribution < -0.4 is 10.2 Å². The van der Waals surface area contributed by atoms with E-state index < -0.39 is 0 Å². The number of piperazine rings is 1. The number of hydrogen-bond donors (Lipinski definition) is 1. The molecule has 0 atom stereocenters. The van der Waals surface area contributed by atoms with Crippen molar-refractivity contribution in [1.82, 2.24) is 15.3 Å². The lowest BCUT2D eigenvalue weighted by molar-refractivity contribution is 0.577. The smallest absolute Gasteiger partial charge is 0.225 e. The van der Waals surface area contributed by atoms with Gasteiger partial charge in [-0.15, -0.1) is 0 Å². The average molecular weight is 234 g/mol. The highest BCUT2D eigenvalue weighted by atomic mass is 15.3. The van der Waals surface area contributed by atoms with Crippen LogP contribution in [0.3, 0.4) is 0 Å². The van der Waals surface area contributed by atoms with Gasteiger partial charge in [-0.25, -0.2) is 9.97 Å². The summed E-state index contributed by atoms with van der Waals surface area (Å²) in [6.07, 6.45) is 0.974. The Labute approximate surface area is 103 Å². The van der Waals surface area contributed by atoms with Gasteiger partial charge in [-0.05, 0) is 18.4 Å². The molecule has 1 aliphatic rings. The second-order valence-electron chi connectivity index (χ2n) is 4.83. The SMILES string of the molecule is CCc1cc(C(C)C)nc(N2CCNCC2)n1. The predicted octanol–water partition coefficient (Wildman–Crippen LogP) is 1.57. The van der Waals surface area contributed by atoms with E-state index in [1.54, 1.807) is 0 Å². The van der Waals surface area contributed by atoms with Crippen LogP contribution in [-0.4, -0.2) is 36.1 Å². The highest BCUT2D eigenvalue weighted by Gasteiger charge is 2.15. The predicted molar refractivity (Wildman–Crippen MR) is 70.6 cm³/mol. The third-order valence-electron chi connectivity index (χ3n) is 3.14. The first kappa shape index (κ1) is 12.3. The third-order valence-corrected chi connectivity index (χ3v) is 3.14. The zero-order valence-electron chi connectivity index (χ0n) is 11.0. The molecule has 0 aromatic carbocycles. The van der Waals surface area contributed by atoms with Crippen molar-refractivity contribution < 1.29 is 0 Å². The molecule has 1 N–H and O–H groups in total. The van der Waals surface area contributed by atoms with E-state index in [0.717, 1.165) is 49.9 Å². The summed E-state index contributed by atoms with van der Waals surface area (Å²) in [5.41, 5.74) is 2.31. The van der Waals surface area contributed by atoms with Gasteiger partial charge in [0.05, 0.1) is 0 Å². The number of aromatic nitrogens is 2. The minimum Gasteiger partial charge on any atom is -0.338 e. The summed E-state index contributed by atoms with van der Waals surface area (Å²) in [6.45, 7) is 10.6. The van der Waals surface area contributed by atoms with E-state index >= 15 is 0 Å². The number of nitrogens with zero attached hydrogens (tertiary/aromatic N) is 3. The van der Waals surface area contributed by atoms with Crippen LogP contribution in [0.2, 0.25) is 0 Å². The summed E-state index contributed by atoms with van der Waals surface area (Å²) in [7, 11) is 0. The fraction of sp³-hybridized carbons (Fsp3) is 0.692. The van der Waals surface area contributed by atoms with Crippen LogP contribution in [-0.2, 0) is 6.42 Å². The van der Waals surface area contributed by atoms with Gasteiger partial charge in [0.15, 0.2) is 0 Å². The van der Waals surface area contributed by atoms with E-state index in [9.17, 15) is 0 Å². The van der Waals surface area contributed by atoms with Crippen LogP contribution >= 0.6 is 0 Å². The summed E-state index contributed by atoms with van der Waals surface area (Å²) < 4.78 is 0. The second-order valence-corrected chi connectivity index (χ2v) is 4.83. The maximum absolute atomic E-state index is 4.69. The molecule has 94 valence electrons. The molecule has 1 fully saturated rings. The number of nitrogens with one attached hydrogen (secondary N) is 1. The van der Waals surface area contributed by atoms with Gasteiger partial charge < -0.3 is 10.2 Å². The van der Waals surface area contributed by atoms with Crippen molar-refractivity contribution in [2.24, 2.45) is 0 Å². The van der Waals surface area contributed by atoms with Gasteiger partial charge in [-0.2, -0.15) is 0 Å². The molecule has 1 aliphatic heterocycles. The lowest BCUT2D eigenvalue weighted by atomic mass is 10.1. The molecule has 4 nitrogen and oxygen atoms in total. The Balaban J connectivity index is 2.28. The zero-order chi connectivity index (χ0) is 12.3. The van der Waals surface area contributed by atoms with Gasteiger partial charge in [-0.3, -0.25) is 0 Å². The van der Waals surface area contributed by atoms with Crippen molar-refractivity contribution in [1.29, 1.82) is 0 Å². The largest absolute Gasteiger partial charge is 0.338 e. The van der Waals surface area contributed by atoms with Crippen molar-refractivity contribution in [2.75, 3.05) is 31.1 Å². The average Bonchev–Trinajstić information content (AvgIpc) is 2.39. The third kappa shape index (κ3) is 2.94. The van der Waals surface area contributed by atoms with E-state index in [-0.39, 0.29) is 0 Å². The summed E-state index contributed by atoms with van der Waals surface area (Å²) in [6, 6.07) is 2.14. The van der Waals surface area contributed by atoms with Crippen LogP contribution in [0.5, 0.6) is 0 Å². The van der Waals surface area contributed by atoms with Crippen molar-refractivity contribution in [2.45, 2.75) is 33.1 Å². The van der Waals surface area contributed by atoms with Crippen molar-refractivity contribution in [3.63, 3.8) is 0 Å². The number of aryl methyl sites for hydroxylation is 1. The molecule has 2 rings (SSSR count). The van der Waals surface area contributed by atoms with Gasteiger partial charge in [0.1, 0.15) is 0 Å². The Morgan fingerprint density at radius 3 is 2.59 bits per heavy atom. The van der Waals surface area contributed by atoms with E-state index in [2.05, 4.69) is 42.0 Å². The standard InChI is InChI=1S/C13H22N4/c1-4-11-9-12(10(2)3)16-13(15-11)17-7-5-14-6-8-17/h9-10,14H,4-8H2,1-3H3. The molecule has 0 bridgehead atoms. The minimum atomic E-state index is 0.463. The molecule has 0 spiro atoms. The molecule has 0 saturated carbocycles. The monoisotopic (exact) mass is 234 g/mol. The summed E-state index contributed by atoms with van der Waals surface area (Å²) in [5.74, 6) is 1.37. The molecule has 4 heteroatoms. The minimum absolute atomic E-state index is 0.463. The Hall–Kier alpha value is -1.16. The van der Waals surface area contributed by atoms with E-state index in [1.165, 1.54) is 0 Å². The Morgan fingerprint density at radius 1 is 1.29 bits per heavy atom. The van der Waals surface area contributed by atoms with Gasteiger partial charge >= 0.3 is 0 Å². The molecule has 1 aromatic rings. The van der Waals surface area contributed by atoms with Crippen LogP contribution in [0.4, 0.5) is 5.95 Å². The van der Waals surface area contributed by atoms with Gasteiger partial charge in [0.2, 0.25) is 5.95 Å². The van der Waals surface area contributed by atoms with E-state index in [0.29, 0.717) is 5.92 Å². The Kier molecular flexibility index (Phi) is 3.94. The Bertz CT molecular complexity index is 370. The van der Waals surface area contributed by atoms with E-state index in [4.69, 9.17) is 4.98 Å². The molecule has 1 saturated heterocycles. The fourth-order valence-electron chi connectivity index (χ4n) is 1.99. The Morgan fingerprint density at radius 2 is 2.00 bits per heavy atom.